The molecule has 1 aromatic heterocycles. The van der Waals surface area contributed by atoms with E-state index in [4.69, 9.17) is 14.9 Å². The highest BCUT2D eigenvalue weighted by Gasteiger charge is 2.27. The third-order valence-corrected chi connectivity index (χ3v) is 9.50. The maximum atomic E-state index is 12.8. The Morgan fingerprint density at radius 2 is 1.67 bits per heavy atom. The molecule has 4 rings (SSSR count). The molecule has 3 N–H and O–H groups in total. The van der Waals surface area contributed by atoms with Gasteiger partial charge in [0.25, 0.3) is 5.91 Å². The molecule has 1 heterocycles. The lowest BCUT2D eigenvalue weighted by atomic mass is 9.76. The smallest absolute Gasteiger partial charge is 0.251 e. The summed E-state index contributed by atoms with van der Waals surface area (Å²) in [5.41, 5.74) is 10.1. The summed E-state index contributed by atoms with van der Waals surface area (Å²) in [4.78, 5) is 30.2. The highest BCUT2D eigenvalue weighted by molar-refractivity contribution is 8.00. The molecule has 1 unspecified atom stereocenters. The van der Waals surface area contributed by atoms with Gasteiger partial charge in [-0.05, 0) is 78.1 Å². The van der Waals surface area contributed by atoms with Crippen molar-refractivity contribution in [3.63, 3.8) is 0 Å². The summed E-state index contributed by atoms with van der Waals surface area (Å²) in [6.07, 6.45) is 2.75. The number of thioether (sulfide) groups is 1. The van der Waals surface area contributed by atoms with Gasteiger partial charge in [0, 0.05) is 22.6 Å². The molecule has 8 heteroatoms. The summed E-state index contributed by atoms with van der Waals surface area (Å²) in [7, 11) is 0. The number of primary amides is 1. The van der Waals surface area contributed by atoms with Crippen molar-refractivity contribution in [2.45, 2.75) is 81.8 Å². The number of para-hydroxylation sites is 2. The lowest BCUT2D eigenvalue weighted by molar-refractivity contribution is -0.117. The Labute approximate surface area is 259 Å². The van der Waals surface area contributed by atoms with Crippen LogP contribution < -0.4 is 15.8 Å². The van der Waals surface area contributed by atoms with E-state index in [2.05, 4.69) is 70.0 Å². The van der Waals surface area contributed by atoms with Gasteiger partial charge in [0.1, 0.15) is 11.3 Å². The van der Waals surface area contributed by atoms with E-state index in [1.807, 2.05) is 18.2 Å². The Hall–Kier alpha value is -3.78. The first-order chi connectivity index (χ1) is 20.4. The van der Waals surface area contributed by atoms with Crippen molar-refractivity contribution >= 4 is 34.7 Å². The topological polar surface area (TPSA) is 107 Å². The minimum absolute atomic E-state index is 0.00609. The third kappa shape index (κ3) is 7.79. The van der Waals surface area contributed by atoms with Crippen LogP contribution in [0, 0.1) is 0 Å². The fraction of sp³-hybridized carbons (Fsp3) is 0.400. The van der Waals surface area contributed by atoms with E-state index < -0.39 is 11.2 Å². The number of oxazole rings is 1. The monoisotopic (exact) mass is 601 g/mol. The number of aromatic nitrogens is 1. The van der Waals surface area contributed by atoms with Gasteiger partial charge < -0.3 is 20.2 Å². The molecular formula is C35H43N3O4S. The van der Waals surface area contributed by atoms with E-state index in [0.717, 1.165) is 23.5 Å². The molecule has 0 spiro atoms. The van der Waals surface area contributed by atoms with Crippen molar-refractivity contribution in [2.24, 2.45) is 5.73 Å². The highest BCUT2D eigenvalue weighted by atomic mass is 32.2. The Morgan fingerprint density at radius 1 is 0.977 bits per heavy atom. The number of rotatable bonds is 14. The predicted molar refractivity (Wildman–Crippen MR) is 174 cm³/mol. The summed E-state index contributed by atoms with van der Waals surface area (Å²) in [5, 5.41) is 2.19. The Kier molecular flexibility index (Phi) is 10.2. The lowest BCUT2D eigenvalue weighted by Gasteiger charge is -2.30. The molecule has 4 aromatic rings. The van der Waals surface area contributed by atoms with E-state index in [1.54, 1.807) is 30.3 Å². The SMILES string of the molecule is CCC(C)(C)c1ccc(OCCCNC(=O)c2ccc(SC(C(N)=O)c3nc4ccccc4o3)cc2)c(C(C)(C)CC)c1. The molecule has 0 aliphatic heterocycles. The van der Waals surface area contributed by atoms with Crippen molar-refractivity contribution in [2.75, 3.05) is 13.2 Å². The Morgan fingerprint density at radius 3 is 2.33 bits per heavy atom. The minimum Gasteiger partial charge on any atom is -0.493 e. The number of fused-ring (bicyclic) bond motifs is 1. The number of nitrogens with one attached hydrogen (secondary N) is 1. The Balaban J connectivity index is 1.31. The molecule has 0 aliphatic rings. The molecule has 3 aromatic carbocycles. The number of carbonyl (C=O) groups excluding carboxylic acids is 2. The van der Waals surface area contributed by atoms with Crippen LogP contribution in [0.1, 0.15) is 93.4 Å². The zero-order valence-electron chi connectivity index (χ0n) is 26.0. The minimum atomic E-state index is -0.787. The summed E-state index contributed by atoms with van der Waals surface area (Å²) in [5.74, 6) is 0.454. The first-order valence-electron chi connectivity index (χ1n) is 14.9. The van der Waals surface area contributed by atoms with Crippen LogP contribution in [0.15, 0.2) is 76.0 Å². The Bertz CT molecular complexity index is 1530. The van der Waals surface area contributed by atoms with Crippen molar-refractivity contribution in [1.82, 2.24) is 10.3 Å². The second-order valence-corrected chi connectivity index (χ2v) is 13.3. The van der Waals surface area contributed by atoms with Gasteiger partial charge in [-0.25, -0.2) is 4.98 Å². The van der Waals surface area contributed by atoms with Crippen LogP contribution >= 0.6 is 11.8 Å². The summed E-state index contributed by atoms with van der Waals surface area (Å²) in [6.45, 7) is 14.5. The lowest BCUT2D eigenvalue weighted by Crippen LogP contribution is -2.26. The van der Waals surface area contributed by atoms with Crippen LogP contribution in [-0.2, 0) is 15.6 Å². The van der Waals surface area contributed by atoms with Gasteiger partial charge in [-0.3, -0.25) is 9.59 Å². The molecule has 7 nitrogen and oxygen atoms in total. The molecule has 2 amide bonds. The van der Waals surface area contributed by atoms with Gasteiger partial charge in [0.2, 0.25) is 11.8 Å². The van der Waals surface area contributed by atoms with E-state index >= 15 is 0 Å². The average molecular weight is 602 g/mol. The zero-order valence-corrected chi connectivity index (χ0v) is 26.8. The number of carbonyl (C=O) groups is 2. The quantitative estimate of drug-likeness (QED) is 0.113. The number of amides is 2. The molecule has 0 radical (unpaired) electrons. The molecule has 43 heavy (non-hydrogen) atoms. The molecule has 0 aliphatic carbocycles. The molecule has 0 saturated carbocycles. The third-order valence-electron chi connectivity index (χ3n) is 8.29. The molecule has 1 atom stereocenters. The van der Waals surface area contributed by atoms with Crippen LogP contribution in [0.25, 0.3) is 11.1 Å². The maximum Gasteiger partial charge on any atom is 0.251 e. The summed E-state index contributed by atoms with van der Waals surface area (Å²) < 4.78 is 12.0. The van der Waals surface area contributed by atoms with Crippen molar-refractivity contribution < 1.29 is 18.7 Å². The fourth-order valence-corrected chi connectivity index (χ4v) is 5.50. The van der Waals surface area contributed by atoms with Crippen LogP contribution in [0.4, 0.5) is 0 Å². The zero-order chi connectivity index (χ0) is 31.2. The normalized spacial score (nSPS) is 12.7. The summed E-state index contributed by atoms with van der Waals surface area (Å²) in [6, 6.07) is 21.0. The largest absolute Gasteiger partial charge is 0.493 e. The fourth-order valence-electron chi connectivity index (χ4n) is 4.61. The van der Waals surface area contributed by atoms with Gasteiger partial charge >= 0.3 is 0 Å². The summed E-state index contributed by atoms with van der Waals surface area (Å²) >= 11 is 1.24. The van der Waals surface area contributed by atoms with Crippen molar-refractivity contribution in [1.29, 1.82) is 0 Å². The number of nitrogens with zero attached hydrogens (tertiary/aromatic N) is 1. The van der Waals surface area contributed by atoms with Gasteiger partial charge in [-0.15, -0.1) is 11.8 Å². The van der Waals surface area contributed by atoms with Crippen molar-refractivity contribution in [3.05, 3.63) is 89.3 Å². The van der Waals surface area contributed by atoms with Gasteiger partial charge in [-0.1, -0.05) is 65.8 Å². The van der Waals surface area contributed by atoms with Crippen LogP contribution in [0.3, 0.4) is 0 Å². The molecule has 228 valence electrons. The van der Waals surface area contributed by atoms with Crippen LogP contribution in [0.5, 0.6) is 5.75 Å². The maximum absolute atomic E-state index is 12.8. The number of nitrogens with two attached hydrogens (primary N) is 1. The van der Waals surface area contributed by atoms with E-state index in [-0.39, 0.29) is 22.6 Å². The van der Waals surface area contributed by atoms with Crippen LogP contribution in [0.2, 0.25) is 0 Å². The van der Waals surface area contributed by atoms with E-state index in [1.165, 1.54) is 22.9 Å². The number of hydrogen-bond acceptors (Lipinski definition) is 6. The first kappa shape index (κ1) is 32.1. The molecular weight excluding hydrogens is 558 g/mol. The van der Waals surface area contributed by atoms with Crippen LogP contribution in [-0.4, -0.2) is 29.9 Å². The second-order valence-electron chi connectivity index (χ2n) is 12.1. The average Bonchev–Trinajstić information content (AvgIpc) is 3.43. The molecule has 0 fully saturated rings. The first-order valence-corrected chi connectivity index (χ1v) is 15.8. The van der Waals surface area contributed by atoms with E-state index in [0.29, 0.717) is 36.2 Å². The highest BCUT2D eigenvalue weighted by Crippen LogP contribution is 2.39. The van der Waals surface area contributed by atoms with Gasteiger partial charge in [-0.2, -0.15) is 0 Å². The number of hydrogen-bond donors (Lipinski definition) is 2. The standard InChI is InChI=1S/C35H43N3O4S/c1-7-34(3,4)24-16-19-28(26(22-24)35(5,6)8-2)41-21-11-20-37-32(40)23-14-17-25(18-15-23)43-30(31(36)39)33-38-27-12-9-10-13-29(27)42-33/h9-10,12-19,22,30H,7-8,11,20-21H2,1-6H3,(H2,36,39)(H,37,40). The molecule has 0 saturated heterocycles. The van der Waals surface area contributed by atoms with Crippen molar-refractivity contribution in [3.8, 4) is 5.75 Å². The predicted octanol–water partition coefficient (Wildman–Crippen LogP) is 7.72. The number of ether oxygens (including phenoxy) is 1. The van der Waals surface area contributed by atoms with E-state index in [9.17, 15) is 9.59 Å². The second kappa shape index (κ2) is 13.7. The molecule has 0 bridgehead atoms. The van der Waals surface area contributed by atoms with Gasteiger partial charge in [0.05, 0.1) is 6.61 Å². The van der Waals surface area contributed by atoms with Gasteiger partial charge in [0.15, 0.2) is 10.8 Å². The number of benzene rings is 3.